The van der Waals surface area contributed by atoms with Crippen LogP contribution in [0.4, 0.5) is 0 Å². The molecule has 0 bridgehead atoms. The quantitative estimate of drug-likeness (QED) is 0.128. The summed E-state index contributed by atoms with van der Waals surface area (Å²) in [5.41, 5.74) is 10.7. The van der Waals surface area contributed by atoms with Crippen LogP contribution >= 0.6 is 11.3 Å². The summed E-state index contributed by atoms with van der Waals surface area (Å²) in [7, 11) is -1.23. The minimum absolute atomic E-state index is 0. The van der Waals surface area contributed by atoms with Gasteiger partial charge in [0.05, 0.1) is 8.07 Å². The van der Waals surface area contributed by atoms with Crippen LogP contribution in [0.25, 0.3) is 53.8 Å². The van der Waals surface area contributed by atoms with E-state index in [4.69, 9.17) is 0 Å². The molecule has 0 aliphatic heterocycles. The third-order valence-electron chi connectivity index (χ3n) is 8.52. The molecule has 0 atom stereocenters. The molecule has 5 heteroatoms. The van der Waals surface area contributed by atoms with Crippen molar-refractivity contribution in [1.82, 2.24) is 9.97 Å². The summed E-state index contributed by atoms with van der Waals surface area (Å²) in [6.07, 6.45) is 3.94. The summed E-state index contributed by atoms with van der Waals surface area (Å²) < 4.78 is 2.57. The van der Waals surface area contributed by atoms with Gasteiger partial charge in [-0.2, -0.15) is 11.3 Å². The fourth-order valence-corrected chi connectivity index (χ4v) is 8.13. The SMILES string of the molecule is C[Si](C)(C)c1ccc(-c2[c-]cccc2)nc1.Cc1cccc(C)c1-c1ccc2c(c1)sc1c(-c3cc(C(C)C)ccn3)[c-]ccc12.[Ir]. The number of aromatic nitrogens is 2. The van der Waals surface area contributed by atoms with Crippen LogP contribution in [0.2, 0.25) is 19.6 Å². The fourth-order valence-electron chi connectivity index (χ4n) is 5.85. The maximum Gasteiger partial charge on any atom is 0.0795 e. The molecule has 0 amide bonds. The second-order valence-electron chi connectivity index (χ2n) is 13.3. The number of hydrogen-bond donors (Lipinski definition) is 0. The van der Waals surface area contributed by atoms with E-state index in [1.54, 1.807) is 0 Å². The molecule has 4 aromatic carbocycles. The summed E-state index contributed by atoms with van der Waals surface area (Å²) in [6.45, 7) is 15.8. The van der Waals surface area contributed by atoms with Crippen molar-refractivity contribution in [1.29, 1.82) is 0 Å². The van der Waals surface area contributed by atoms with Crippen molar-refractivity contribution in [3.63, 3.8) is 0 Å². The van der Waals surface area contributed by atoms with Gasteiger partial charge in [-0.25, -0.2) is 0 Å². The molecule has 3 aromatic heterocycles. The first-order valence-electron chi connectivity index (χ1n) is 15.9. The molecule has 47 heavy (non-hydrogen) atoms. The van der Waals surface area contributed by atoms with Crippen molar-refractivity contribution in [3.8, 4) is 33.6 Å². The third kappa shape index (κ3) is 7.55. The van der Waals surface area contributed by atoms with E-state index in [0.717, 1.165) is 22.5 Å². The number of hydrogen-bond acceptors (Lipinski definition) is 3. The Hall–Kier alpha value is -3.73. The van der Waals surface area contributed by atoms with Crippen LogP contribution in [0.15, 0.2) is 109 Å². The number of fused-ring (bicyclic) bond motifs is 3. The van der Waals surface area contributed by atoms with E-state index in [1.165, 1.54) is 53.2 Å². The Morgan fingerprint density at radius 1 is 0.723 bits per heavy atom. The first-order valence-corrected chi connectivity index (χ1v) is 20.3. The molecule has 0 N–H and O–H groups in total. The van der Waals surface area contributed by atoms with Crippen LogP contribution in [-0.2, 0) is 20.1 Å². The van der Waals surface area contributed by atoms with Crippen molar-refractivity contribution in [3.05, 3.63) is 138 Å². The molecular weight excluding hydrogens is 785 g/mol. The molecule has 7 aromatic rings. The van der Waals surface area contributed by atoms with Gasteiger partial charge in [-0.05, 0) is 80.8 Å². The fraction of sp³-hybridized carbons (Fsp3) is 0.190. The van der Waals surface area contributed by atoms with Gasteiger partial charge < -0.3 is 9.97 Å². The van der Waals surface area contributed by atoms with E-state index in [1.807, 2.05) is 54.1 Å². The van der Waals surface area contributed by atoms with Crippen molar-refractivity contribution < 1.29 is 20.1 Å². The number of thiophene rings is 1. The standard InChI is InChI=1S/C28H24NS.C14H16NSi.Ir/c1-17(2)20-13-14-29-25(15-20)24-10-6-9-23-22-12-11-21(16-26(22)30-28(23)24)27-18(3)7-5-8-19(27)4;1-16(2,3)13-9-10-14(15-11-13)12-7-5-4-6-8-12;/h5-9,11-17H,1-4H3;4-7,9-11H,1-3H3;/q2*-1;. The third-order valence-corrected chi connectivity index (χ3v) is 11.7. The first kappa shape index (κ1) is 34.6. The van der Waals surface area contributed by atoms with Gasteiger partial charge >= 0.3 is 0 Å². The molecule has 0 aliphatic carbocycles. The predicted molar refractivity (Wildman–Crippen MR) is 202 cm³/mol. The molecule has 1 radical (unpaired) electrons. The van der Waals surface area contributed by atoms with E-state index in [0.29, 0.717) is 5.92 Å². The Kier molecular flexibility index (Phi) is 10.7. The average molecular weight is 825 g/mol. The minimum atomic E-state index is -1.23. The molecule has 0 fully saturated rings. The van der Waals surface area contributed by atoms with Crippen molar-refractivity contribution in [2.75, 3.05) is 0 Å². The Bertz CT molecular complexity index is 2110. The molecular formula is C42H40IrN2SSi-2. The Balaban J connectivity index is 0.000000217. The second-order valence-corrected chi connectivity index (χ2v) is 19.4. The van der Waals surface area contributed by atoms with Gasteiger partial charge in [0.2, 0.25) is 0 Å². The van der Waals surface area contributed by atoms with Gasteiger partial charge in [0.25, 0.3) is 0 Å². The van der Waals surface area contributed by atoms with Crippen molar-refractivity contribution in [2.24, 2.45) is 0 Å². The smallest absolute Gasteiger partial charge is 0.0795 e. The Morgan fingerprint density at radius 2 is 1.51 bits per heavy atom. The maximum atomic E-state index is 4.68. The molecule has 7 rings (SSSR count). The zero-order valence-corrected chi connectivity index (χ0v) is 32.3. The summed E-state index contributed by atoms with van der Waals surface area (Å²) >= 11 is 1.85. The van der Waals surface area contributed by atoms with Crippen molar-refractivity contribution >= 4 is 44.8 Å². The Labute approximate surface area is 298 Å². The van der Waals surface area contributed by atoms with E-state index in [-0.39, 0.29) is 20.1 Å². The average Bonchev–Trinajstić information content (AvgIpc) is 3.43. The van der Waals surface area contributed by atoms with E-state index >= 15 is 0 Å². The number of nitrogens with zero attached hydrogens (tertiary/aromatic N) is 2. The number of rotatable bonds is 5. The summed E-state index contributed by atoms with van der Waals surface area (Å²) in [5.74, 6) is 0.480. The number of pyridine rings is 2. The zero-order valence-electron chi connectivity index (χ0n) is 28.1. The first-order chi connectivity index (χ1) is 22.1. The largest absolute Gasteiger partial charge is 0.305 e. The predicted octanol–water partition coefficient (Wildman–Crippen LogP) is 11.4. The van der Waals surface area contributed by atoms with E-state index in [9.17, 15) is 0 Å². The molecule has 2 nitrogen and oxygen atoms in total. The summed E-state index contributed by atoms with van der Waals surface area (Å²) in [5, 5.41) is 3.99. The molecule has 3 heterocycles. The summed E-state index contributed by atoms with van der Waals surface area (Å²) in [6, 6.07) is 40.8. The van der Waals surface area contributed by atoms with Crippen LogP contribution in [0.3, 0.4) is 0 Å². The van der Waals surface area contributed by atoms with Crippen molar-refractivity contribution in [2.45, 2.75) is 53.3 Å². The monoisotopic (exact) mass is 825 g/mol. The molecule has 239 valence electrons. The maximum absolute atomic E-state index is 4.68. The minimum Gasteiger partial charge on any atom is -0.305 e. The van der Waals surface area contributed by atoms with Gasteiger partial charge in [0.15, 0.2) is 0 Å². The molecule has 0 aliphatic rings. The van der Waals surface area contributed by atoms with Gasteiger partial charge in [-0.1, -0.05) is 93.0 Å². The van der Waals surface area contributed by atoms with E-state index in [2.05, 4.69) is 136 Å². The van der Waals surface area contributed by atoms with E-state index < -0.39 is 8.07 Å². The van der Waals surface area contributed by atoms with Gasteiger partial charge in [-0.15, -0.1) is 59.7 Å². The molecule has 0 spiro atoms. The number of aryl methyl sites for hydroxylation is 2. The van der Waals surface area contributed by atoms with Crippen LogP contribution in [0.5, 0.6) is 0 Å². The second kappa shape index (κ2) is 14.6. The molecule has 0 unspecified atom stereocenters. The van der Waals surface area contributed by atoms with Gasteiger partial charge in [-0.3, -0.25) is 0 Å². The molecule has 0 saturated heterocycles. The van der Waals surface area contributed by atoms with Crippen LogP contribution in [0, 0.1) is 26.0 Å². The number of benzene rings is 4. The zero-order chi connectivity index (χ0) is 32.4. The van der Waals surface area contributed by atoms with Gasteiger partial charge in [0, 0.05) is 37.2 Å². The van der Waals surface area contributed by atoms with Gasteiger partial charge in [0.1, 0.15) is 0 Å². The normalized spacial score (nSPS) is 11.3. The topological polar surface area (TPSA) is 25.8 Å². The summed E-state index contributed by atoms with van der Waals surface area (Å²) in [4.78, 5) is 9.19. The molecule has 0 saturated carbocycles. The van der Waals surface area contributed by atoms with Crippen LogP contribution < -0.4 is 5.19 Å². The van der Waals surface area contributed by atoms with Crippen LogP contribution in [-0.4, -0.2) is 18.0 Å². The van der Waals surface area contributed by atoms with Crippen LogP contribution in [0.1, 0.15) is 36.5 Å². The Morgan fingerprint density at radius 3 is 2.17 bits per heavy atom.